The molecule has 1 saturated carbocycles. The standard InChI is InChI=1S/C15H22N2O3/c1-19-11-3-10-16-14(18)17-15(8-9-15)12-4-6-13(20-2)7-5-12/h4-7H,3,8-11H2,1-2H3,(H2,16,17,18). The topological polar surface area (TPSA) is 59.6 Å². The Bertz CT molecular complexity index is 441. The first-order chi connectivity index (χ1) is 9.70. The zero-order valence-corrected chi connectivity index (χ0v) is 12.1. The quantitative estimate of drug-likeness (QED) is 0.750. The van der Waals surface area contributed by atoms with Crippen LogP contribution in [0.2, 0.25) is 0 Å². The second-order valence-electron chi connectivity index (χ2n) is 5.04. The number of rotatable bonds is 7. The summed E-state index contributed by atoms with van der Waals surface area (Å²) in [6.45, 7) is 1.28. The van der Waals surface area contributed by atoms with E-state index in [0.717, 1.165) is 30.6 Å². The van der Waals surface area contributed by atoms with E-state index < -0.39 is 0 Å². The van der Waals surface area contributed by atoms with Crippen molar-refractivity contribution in [2.24, 2.45) is 0 Å². The molecule has 0 heterocycles. The Kier molecular flexibility index (Phi) is 4.84. The van der Waals surface area contributed by atoms with Crippen molar-refractivity contribution in [3.63, 3.8) is 0 Å². The third-order valence-electron chi connectivity index (χ3n) is 3.56. The molecule has 5 nitrogen and oxygen atoms in total. The van der Waals surface area contributed by atoms with E-state index in [2.05, 4.69) is 10.6 Å². The number of amides is 2. The number of methoxy groups -OCH3 is 2. The summed E-state index contributed by atoms with van der Waals surface area (Å²) in [4.78, 5) is 11.9. The number of nitrogens with one attached hydrogen (secondary N) is 2. The third kappa shape index (κ3) is 3.63. The highest BCUT2D eigenvalue weighted by Gasteiger charge is 2.45. The van der Waals surface area contributed by atoms with Crippen LogP contribution in [-0.2, 0) is 10.3 Å². The predicted molar refractivity (Wildman–Crippen MR) is 76.9 cm³/mol. The molecule has 110 valence electrons. The number of urea groups is 1. The van der Waals surface area contributed by atoms with E-state index in [9.17, 15) is 4.79 Å². The van der Waals surface area contributed by atoms with Crippen LogP contribution in [0, 0.1) is 0 Å². The van der Waals surface area contributed by atoms with Gasteiger partial charge in [0.05, 0.1) is 12.6 Å². The molecule has 1 aliphatic rings. The van der Waals surface area contributed by atoms with Gasteiger partial charge in [0, 0.05) is 20.3 Å². The highest BCUT2D eigenvalue weighted by Crippen LogP contribution is 2.45. The van der Waals surface area contributed by atoms with Crippen LogP contribution in [0.3, 0.4) is 0 Å². The molecule has 20 heavy (non-hydrogen) atoms. The molecule has 1 aromatic rings. The number of benzene rings is 1. The molecular formula is C15H22N2O3. The van der Waals surface area contributed by atoms with Crippen LogP contribution in [0.5, 0.6) is 5.75 Å². The summed E-state index contributed by atoms with van der Waals surface area (Å²) in [5, 5.41) is 5.92. The van der Waals surface area contributed by atoms with Crippen molar-refractivity contribution in [3.05, 3.63) is 29.8 Å². The van der Waals surface area contributed by atoms with Gasteiger partial charge < -0.3 is 20.1 Å². The molecule has 1 aliphatic carbocycles. The second kappa shape index (κ2) is 6.61. The Morgan fingerprint density at radius 1 is 1.25 bits per heavy atom. The molecule has 0 saturated heterocycles. The van der Waals surface area contributed by atoms with Crippen LogP contribution in [0.15, 0.2) is 24.3 Å². The summed E-state index contributed by atoms with van der Waals surface area (Å²) < 4.78 is 10.1. The normalized spacial score (nSPS) is 15.5. The van der Waals surface area contributed by atoms with Gasteiger partial charge in [0.15, 0.2) is 0 Å². The molecular weight excluding hydrogens is 256 g/mol. The van der Waals surface area contributed by atoms with Crippen LogP contribution in [0.25, 0.3) is 0 Å². The molecule has 0 bridgehead atoms. The molecule has 1 fully saturated rings. The lowest BCUT2D eigenvalue weighted by Gasteiger charge is -2.18. The van der Waals surface area contributed by atoms with Crippen molar-refractivity contribution in [1.82, 2.24) is 10.6 Å². The average molecular weight is 278 g/mol. The SMILES string of the molecule is COCCCNC(=O)NC1(c2ccc(OC)cc2)CC1. The molecule has 0 unspecified atom stereocenters. The molecule has 0 atom stereocenters. The number of hydrogen-bond acceptors (Lipinski definition) is 3. The Hall–Kier alpha value is -1.75. The lowest BCUT2D eigenvalue weighted by atomic mass is 10.1. The van der Waals surface area contributed by atoms with E-state index in [1.54, 1.807) is 14.2 Å². The first kappa shape index (κ1) is 14.7. The molecule has 0 spiro atoms. The van der Waals surface area contributed by atoms with E-state index in [-0.39, 0.29) is 11.6 Å². The molecule has 0 aliphatic heterocycles. The largest absolute Gasteiger partial charge is 0.497 e. The van der Waals surface area contributed by atoms with Gasteiger partial charge >= 0.3 is 6.03 Å². The fourth-order valence-electron chi connectivity index (χ4n) is 2.20. The van der Waals surface area contributed by atoms with Crippen LogP contribution in [-0.4, -0.2) is 33.4 Å². The molecule has 1 aromatic carbocycles. The van der Waals surface area contributed by atoms with Crippen molar-refractivity contribution in [1.29, 1.82) is 0 Å². The minimum Gasteiger partial charge on any atom is -0.497 e. The van der Waals surface area contributed by atoms with Crippen molar-refractivity contribution < 1.29 is 14.3 Å². The van der Waals surface area contributed by atoms with E-state index >= 15 is 0 Å². The lowest BCUT2D eigenvalue weighted by molar-refractivity contribution is 0.193. The van der Waals surface area contributed by atoms with Crippen molar-refractivity contribution in [3.8, 4) is 5.75 Å². The van der Waals surface area contributed by atoms with Crippen molar-refractivity contribution in [2.75, 3.05) is 27.4 Å². The maximum absolute atomic E-state index is 11.9. The summed E-state index contributed by atoms with van der Waals surface area (Å²) >= 11 is 0. The minimum atomic E-state index is -0.197. The fourth-order valence-corrected chi connectivity index (χ4v) is 2.20. The van der Waals surface area contributed by atoms with E-state index in [1.165, 1.54) is 0 Å². The number of ether oxygens (including phenoxy) is 2. The fraction of sp³-hybridized carbons (Fsp3) is 0.533. The first-order valence-corrected chi connectivity index (χ1v) is 6.90. The van der Waals surface area contributed by atoms with E-state index in [0.29, 0.717) is 13.2 Å². The smallest absolute Gasteiger partial charge is 0.315 e. The average Bonchev–Trinajstić information content (AvgIpc) is 3.24. The minimum absolute atomic E-state index is 0.116. The lowest BCUT2D eigenvalue weighted by Crippen LogP contribution is -2.42. The molecule has 0 radical (unpaired) electrons. The highest BCUT2D eigenvalue weighted by atomic mass is 16.5. The zero-order valence-electron chi connectivity index (χ0n) is 12.1. The molecule has 2 amide bonds. The predicted octanol–water partition coefficient (Wildman–Crippen LogP) is 2.02. The van der Waals surface area contributed by atoms with Crippen LogP contribution in [0.1, 0.15) is 24.8 Å². The maximum Gasteiger partial charge on any atom is 0.315 e. The number of carbonyl (C=O) groups excluding carboxylic acids is 1. The summed E-state index contributed by atoms with van der Waals surface area (Å²) in [6.07, 6.45) is 2.77. The third-order valence-corrected chi connectivity index (χ3v) is 3.56. The molecule has 5 heteroatoms. The second-order valence-corrected chi connectivity index (χ2v) is 5.04. The van der Waals surface area contributed by atoms with Gasteiger partial charge in [-0.3, -0.25) is 0 Å². The van der Waals surface area contributed by atoms with Gasteiger partial charge in [-0.05, 0) is 37.0 Å². The van der Waals surface area contributed by atoms with E-state index in [1.807, 2.05) is 24.3 Å². The van der Waals surface area contributed by atoms with Gasteiger partial charge in [0.2, 0.25) is 0 Å². The van der Waals surface area contributed by atoms with E-state index in [4.69, 9.17) is 9.47 Å². The Labute approximate surface area is 119 Å². The van der Waals surface area contributed by atoms with Gasteiger partial charge in [-0.1, -0.05) is 12.1 Å². The summed E-state index contributed by atoms with van der Waals surface area (Å²) in [5.41, 5.74) is 0.933. The molecule has 0 aromatic heterocycles. The zero-order chi connectivity index (χ0) is 14.4. The van der Waals surface area contributed by atoms with Crippen LogP contribution < -0.4 is 15.4 Å². The van der Waals surface area contributed by atoms with Crippen LogP contribution >= 0.6 is 0 Å². The molecule has 2 N–H and O–H groups in total. The van der Waals surface area contributed by atoms with Crippen LogP contribution in [0.4, 0.5) is 4.79 Å². The Morgan fingerprint density at radius 3 is 2.50 bits per heavy atom. The van der Waals surface area contributed by atoms with Gasteiger partial charge in [-0.2, -0.15) is 0 Å². The van der Waals surface area contributed by atoms with Gasteiger partial charge in [-0.15, -0.1) is 0 Å². The van der Waals surface area contributed by atoms with Crippen molar-refractivity contribution >= 4 is 6.03 Å². The number of hydrogen-bond donors (Lipinski definition) is 2. The van der Waals surface area contributed by atoms with Crippen molar-refractivity contribution in [2.45, 2.75) is 24.8 Å². The molecule has 2 rings (SSSR count). The maximum atomic E-state index is 11.9. The summed E-state index contributed by atoms with van der Waals surface area (Å²) in [7, 11) is 3.30. The Morgan fingerprint density at radius 2 is 1.95 bits per heavy atom. The monoisotopic (exact) mass is 278 g/mol. The Balaban J connectivity index is 1.85. The van der Waals surface area contributed by atoms with Gasteiger partial charge in [0.25, 0.3) is 0 Å². The number of carbonyl (C=O) groups is 1. The first-order valence-electron chi connectivity index (χ1n) is 6.90. The van der Waals surface area contributed by atoms with Gasteiger partial charge in [0.1, 0.15) is 5.75 Å². The van der Waals surface area contributed by atoms with Gasteiger partial charge in [-0.25, -0.2) is 4.79 Å². The summed E-state index contributed by atoms with van der Waals surface area (Å²) in [5.74, 6) is 0.827. The highest BCUT2D eigenvalue weighted by molar-refractivity contribution is 5.75. The summed E-state index contributed by atoms with van der Waals surface area (Å²) in [6, 6.07) is 7.75.